The van der Waals surface area contributed by atoms with Crippen LogP contribution in [0, 0.1) is 0 Å². The number of hydrogen-bond donors (Lipinski definition) is 5. The minimum atomic E-state index is -5.08. The van der Waals surface area contributed by atoms with E-state index in [1.165, 1.54) is 12.1 Å². The summed E-state index contributed by atoms with van der Waals surface area (Å²) in [5.74, 6) is -3.51. The predicted octanol–water partition coefficient (Wildman–Crippen LogP) is 1.98. The number of hydrogen-bond acceptors (Lipinski definition) is 7. The van der Waals surface area contributed by atoms with Crippen LogP contribution < -0.4 is 15.4 Å². The second-order valence-electron chi connectivity index (χ2n) is 8.46. The molecule has 0 saturated carbocycles. The van der Waals surface area contributed by atoms with Crippen LogP contribution in [0.4, 0.5) is 13.2 Å². The topological polar surface area (TPSA) is 174 Å². The van der Waals surface area contributed by atoms with Crippen molar-refractivity contribution in [1.82, 2.24) is 15.4 Å². The van der Waals surface area contributed by atoms with E-state index in [1.807, 2.05) is 0 Å². The second-order valence-corrected chi connectivity index (χ2v) is 10.2. The molecule has 1 aromatic rings. The van der Waals surface area contributed by atoms with Gasteiger partial charge in [0, 0.05) is 25.1 Å². The number of carbonyl (C=O) groups excluding carboxylic acids is 1. The Morgan fingerprint density at radius 2 is 1.79 bits per heavy atom. The molecule has 2 heterocycles. The Bertz CT molecular complexity index is 1220. The third kappa shape index (κ3) is 10.9. The first-order valence-electron chi connectivity index (χ1n) is 11.9. The van der Waals surface area contributed by atoms with Crippen LogP contribution in [0.5, 0.6) is 0 Å². The van der Waals surface area contributed by atoms with Gasteiger partial charge >= 0.3 is 18.1 Å². The predicted molar refractivity (Wildman–Crippen MR) is 134 cm³/mol. The number of carboxylic acids is 2. The molecule has 1 aromatic carbocycles. The van der Waals surface area contributed by atoms with Crippen LogP contribution in [0.3, 0.4) is 0 Å². The normalized spacial score (nSPS) is 17.3. The lowest BCUT2D eigenvalue weighted by Crippen LogP contribution is -2.48. The van der Waals surface area contributed by atoms with Crippen molar-refractivity contribution in [2.24, 2.45) is 4.99 Å². The number of nitrogens with zero attached hydrogens (tertiary/aromatic N) is 1. The molecule has 0 aliphatic carbocycles. The highest BCUT2D eigenvalue weighted by molar-refractivity contribution is 7.89. The fourth-order valence-corrected chi connectivity index (χ4v) is 4.66. The van der Waals surface area contributed by atoms with Crippen LogP contribution in [0.15, 0.2) is 64.0 Å². The molecule has 0 bridgehead atoms. The van der Waals surface area contributed by atoms with Crippen molar-refractivity contribution >= 4 is 33.7 Å². The van der Waals surface area contributed by atoms with Crippen molar-refractivity contribution in [2.45, 2.75) is 55.3 Å². The Labute approximate surface area is 222 Å². The van der Waals surface area contributed by atoms with E-state index in [2.05, 4.69) is 38.6 Å². The molecule has 1 amide bonds. The van der Waals surface area contributed by atoms with E-state index in [1.54, 1.807) is 18.2 Å². The molecule has 3 rings (SSSR count). The average molecular weight is 575 g/mol. The molecule has 0 spiro atoms. The van der Waals surface area contributed by atoms with Gasteiger partial charge in [-0.1, -0.05) is 42.8 Å². The highest BCUT2D eigenvalue weighted by Crippen LogP contribution is 2.18. The number of amides is 1. The summed E-state index contributed by atoms with van der Waals surface area (Å²) in [6.45, 7) is 0.557. The molecule has 2 aliphatic rings. The Morgan fingerprint density at radius 3 is 2.41 bits per heavy atom. The molecule has 2 aliphatic heterocycles. The number of unbranched alkanes of at least 4 members (excludes halogenated alkanes) is 1. The van der Waals surface area contributed by atoms with Crippen LogP contribution in [-0.2, 0) is 24.4 Å². The average Bonchev–Trinajstić information content (AvgIpc) is 2.89. The highest BCUT2D eigenvalue weighted by atomic mass is 32.2. The van der Waals surface area contributed by atoms with Gasteiger partial charge in [-0.15, -0.1) is 0 Å². The number of halogens is 3. The molecule has 2 unspecified atom stereocenters. The van der Waals surface area contributed by atoms with Crippen LogP contribution in [0.25, 0.3) is 0 Å². The lowest BCUT2D eigenvalue weighted by molar-refractivity contribution is -0.192. The first kappa shape index (κ1) is 31.5. The summed E-state index contributed by atoms with van der Waals surface area (Å²) in [6, 6.07) is 6.11. The van der Waals surface area contributed by atoms with Crippen molar-refractivity contribution in [2.75, 3.05) is 13.1 Å². The lowest BCUT2D eigenvalue weighted by Gasteiger charge is -2.22. The third-order valence-electron chi connectivity index (χ3n) is 5.42. The van der Waals surface area contributed by atoms with Gasteiger partial charge in [0.25, 0.3) is 0 Å². The van der Waals surface area contributed by atoms with Crippen LogP contribution in [0.1, 0.15) is 32.1 Å². The monoisotopic (exact) mass is 574 g/mol. The zero-order valence-corrected chi connectivity index (χ0v) is 21.5. The number of sulfonamides is 1. The summed E-state index contributed by atoms with van der Waals surface area (Å²) in [5.41, 5.74) is 1.13. The number of rotatable bonds is 11. The number of nitrogens with one attached hydrogen (secondary N) is 3. The van der Waals surface area contributed by atoms with Gasteiger partial charge in [0.05, 0.1) is 10.9 Å². The van der Waals surface area contributed by atoms with Gasteiger partial charge in [0.1, 0.15) is 11.9 Å². The summed E-state index contributed by atoms with van der Waals surface area (Å²) in [7, 11) is -4.00. The Kier molecular flexibility index (Phi) is 11.7. The van der Waals surface area contributed by atoms with Crippen LogP contribution >= 0.6 is 0 Å². The van der Waals surface area contributed by atoms with E-state index < -0.39 is 34.2 Å². The second kappa shape index (κ2) is 14.4. The molecule has 39 heavy (non-hydrogen) atoms. The van der Waals surface area contributed by atoms with Gasteiger partial charge in [0.2, 0.25) is 15.9 Å². The number of carbonyl (C=O) groups is 3. The van der Waals surface area contributed by atoms with E-state index in [9.17, 15) is 36.3 Å². The zero-order chi connectivity index (χ0) is 29.1. The fraction of sp³-hybridized carbons (Fsp3) is 0.417. The van der Waals surface area contributed by atoms with Crippen molar-refractivity contribution in [3.8, 4) is 0 Å². The number of dihydropyridines is 1. The quantitative estimate of drug-likeness (QED) is 0.250. The maximum absolute atomic E-state index is 12.3. The highest BCUT2D eigenvalue weighted by Gasteiger charge is 2.38. The van der Waals surface area contributed by atoms with Crippen molar-refractivity contribution in [1.29, 1.82) is 0 Å². The van der Waals surface area contributed by atoms with E-state index in [0.717, 1.165) is 37.2 Å². The molecular formula is C24H29F3N4O7S. The van der Waals surface area contributed by atoms with Crippen molar-refractivity contribution in [3.05, 3.63) is 54.1 Å². The molecule has 0 radical (unpaired) electrons. The maximum atomic E-state index is 12.3. The SMILES string of the molecule is O=C(CCCCC1C=CC2=CCCNC2=N1)NCC(NS(=O)(=O)c1ccccc1)C(=O)O.O=C(O)C(F)(F)F. The molecule has 0 saturated heterocycles. The van der Waals surface area contributed by atoms with Crippen molar-refractivity contribution in [3.63, 3.8) is 0 Å². The summed E-state index contributed by atoms with van der Waals surface area (Å²) < 4.78 is 58.5. The fourth-order valence-electron chi connectivity index (χ4n) is 3.45. The molecule has 2 atom stereocenters. The zero-order valence-electron chi connectivity index (χ0n) is 20.6. The van der Waals surface area contributed by atoms with E-state index in [-0.39, 0.29) is 29.8 Å². The molecule has 15 heteroatoms. The first-order valence-corrected chi connectivity index (χ1v) is 13.4. The van der Waals surface area contributed by atoms with Gasteiger partial charge < -0.3 is 20.8 Å². The van der Waals surface area contributed by atoms with Crippen LogP contribution in [-0.4, -0.2) is 73.7 Å². The molecule has 0 fully saturated rings. The summed E-state index contributed by atoms with van der Waals surface area (Å²) in [5, 5.41) is 22.3. The van der Waals surface area contributed by atoms with E-state index in [0.29, 0.717) is 6.42 Å². The number of aliphatic carboxylic acids is 2. The maximum Gasteiger partial charge on any atom is 0.490 e. The summed E-state index contributed by atoms with van der Waals surface area (Å²) in [6.07, 6.45) is 4.69. The van der Waals surface area contributed by atoms with Gasteiger partial charge in [-0.05, 0) is 31.4 Å². The van der Waals surface area contributed by atoms with Gasteiger partial charge in [0.15, 0.2) is 0 Å². The standard InChI is InChI=1S/C22H28N4O5S.C2HF3O2/c27-20(11-5-4-8-17-13-12-16-7-6-14-23-21(16)25-17)24-15-19(22(28)29)26-32(30,31)18-9-2-1-3-10-18;3-2(4,5)1(6)7/h1-3,7,9-10,12-13,17,19,26H,4-6,8,11,14-15H2,(H,23,25)(H,24,27)(H,28,29);(H,6,7). The number of amidine groups is 1. The summed E-state index contributed by atoms with van der Waals surface area (Å²) >= 11 is 0. The number of benzene rings is 1. The minimum Gasteiger partial charge on any atom is -0.480 e. The Hall–Kier alpha value is -3.72. The number of alkyl halides is 3. The lowest BCUT2D eigenvalue weighted by atomic mass is 10.0. The smallest absolute Gasteiger partial charge is 0.480 e. The van der Waals surface area contributed by atoms with E-state index >= 15 is 0 Å². The molecular weight excluding hydrogens is 545 g/mol. The first-order chi connectivity index (χ1) is 18.3. The van der Waals surface area contributed by atoms with E-state index in [4.69, 9.17) is 9.90 Å². The Balaban J connectivity index is 0.000000673. The number of carboxylic acid groups (broad SMARTS) is 2. The number of fused-ring (bicyclic) bond motifs is 1. The molecule has 5 N–H and O–H groups in total. The van der Waals surface area contributed by atoms with Crippen LogP contribution in [0.2, 0.25) is 0 Å². The number of aliphatic imine (C=N–C) groups is 1. The van der Waals surface area contributed by atoms with Gasteiger partial charge in [-0.25, -0.2) is 13.2 Å². The Morgan fingerprint density at radius 1 is 1.13 bits per heavy atom. The third-order valence-corrected chi connectivity index (χ3v) is 6.90. The molecule has 214 valence electrons. The van der Waals surface area contributed by atoms with Crippen molar-refractivity contribution < 1.29 is 46.2 Å². The van der Waals surface area contributed by atoms with Gasteiger partial charge in [-0.3, -0.25) is 14.6 Å². The minimum absolute atomic E-state index is 0.0380. The summed E-state index contributed by atoms with van der Waals surface area (Å²) in [4.78, 5) is 37.1. The molecule has 0 aromatic heterocycles. The van der Waals surface area contributed by atoms with Gasteiger partial charge in [-0.2, -0.15) is 17.9 Å². The molecule has 11 nitrogen and oxygen atoms in total. The largest absolute Gasteiger partial charge is 0.490 e.